The van der Waals surface area contributed by atoms with Gasteiger partial charge < -0.3 is 15.5 Å². The van der Waals surface area contributed by atoms with Crippen molar-refractivity contribution in [1.29, 1.82) is 0 Å². The second-order valence-electron chi connectivity index (χ2n) is 5.35. The Bertz CT molecular complexity index is 490. The van der Waals surface area contributed by atoms with E-state index in [-0.39, 0.29) is 11.7 Å². The Labute approximate surface area is 117 Å². The molecule has 0 aliphatic heterocycles. The van der Waals surface area contributed by atoms with Crippen LogP contribution in [0.3, 0.4) is 0 Å². The molecular formula is C13H19N3O2S. The molecular weight excluding hydrogens is 262 g/mol. The lowest BCUT2D eigenvalue weighted by atomic mass is 9.77. The molecule has 2 rings (SSSR count). The van der Waals surface area contributed by atoms with E-state index in [1.165, 1.54) is 6.39 Å². The second kappa shape index (κ2) is 5.28. The van der Waals surface area contributed by atoms with Crippen molar-refractivity contribution in [1.82, 2.24) is 10.3 Å². The maximum absolute atomic E-state index is 12.2. The molecule has 0 unspecified atom stereocenters. The summed E-state index contributed by atoms with van der Waals surface area (Å²) in [6.45, 7) is 3.93. The summed E-state index contributed by atoms with van der Waals surface area (Å²) in [7, 11) is 0. The summed E-state index contributed by atoms with van der Waals surface area (Å²) in [6, 6.07) is 0. The van der Waals surface area contributed by atoms with Crippen molar-refractivity contribution in [2.75, 3.05) is 0 Å². The van der Waals surface area contributed by atoms with Gasteiger partial charge in [-0.15, -0.1) is 0 Å². The summed E-state index contributed by atoms with van der Waals surface area (Å²) in [5.41, 5.74) is 5.84. The van der Waals surface area contributed by atoms with Crippen LogP contribution in [0.25, 0.3) is 0 Å². The highest BCUT2D eigenvalue weighted by molar-refractivity contribution is 7.80. The molecule has 1 amide bonds. The number of nitrogens with one attached hydrogen (secondary N) is 1. The SMILES string of the molecule is Cc1ncoc1C(=O)NC1(C(N)=S)CCC(C)CC1. The molecule has 5 nitrogen and oxygen atoms in total. The number of carbonyl (C=O) groups is 1. The number of aromatic nitrogens is 1. The fraction of sp³-hybridized carbons (Fsp3) is 0.615. The van der Waals surface area contributed by atoms with E-state index in [0.29, 0.717) is 16.6 Å². The Balaban J connectivity index is 2.16. The van der Waals surface area contributed by atoms with E-state index < -0.39 is 5.54 Å². The second-order valence-corrected chi connectivity index (χ2v) is 5.79. The number of hydrogen-bond acceptors (Lipinski definition) is 4. The zero-order valence-electron chi connectivity index (χ0n) is 11.2. The fourth-order valence-electron chi connectivity index (χ4n) is 2.48. The van der Waals surface area contributed by atoms with Gasteiger partial charge in [0.15, 0.2) is 6.39 Å². The highest BCUT2D eigenvalue weighted by Crippen LogP contribution is 2.32. The third-order valence-electron chi connectivity index (χ3n) is 3.90. The van der Waals surface area contributed by atoms with Gasteiger partial charge in [-0.2, -0.15) is 0 Å². The average Bonchev–Trinajstić information content (AvgIpc) is 2.78. The third-order valence-corrected chi connectivity index (χ3v) is 4.29. The number of oxazole rings is 1. The van der Waals surface area contributed by atoms with E-state index in [1.54, 1.807) is 6.92 Å². The van der Waals surface area contributed by atoms with Gasteiger partial charge in [-0.3, -0.25) is 4.79 Å². The van der Waals surface area contributed by atoms with Gasteiger partial charge in [0.1, 0.15) is 0 Å². The number of thiocarbonyl (C=S) groups is 1. The Morgan fingerprint density at radius 1 is 1.58 bits per heavy atom. The van der Waals surface area contributed by atoms with Gasteiger partial charge in [-0.1, -0.05) is 19.1 Å². The Hall–Kier alpha value is -1.43. The smallest absolute Gasteiger partial charge is 0.289 e. The summed E-state index contributed by atoms with van der Waals surface area (Å²) >= 11 is 5.16. The molecule has 3 N–H and O–H groups in total. The van der Waals surface area contributed by atoms with Crippen LogP contribution in [0.2, 0.25) is 0 Å². The van der Waals surface area contributed by atoms with Crippen molar-refractivity contribution in [2.24, 2.45) is 11.7 Å². The Kier molecular flexibility index (Phi) is 3.89. The minimum atomic E-state index is -0.585. The van der Waals surface area contributed by atoms with E-state index in [2.05, 4.69) is 17.2 Å². The van der Waals surface area contributed by atoms with Crippen molar-refractivity contribution in [3.63, 3.8) is 0 Å². The maximum atomic E-state index is 12.2. The van der Waals surface area contributed by atoms with Crippen LogP contribution in [-0.4, -0.2) is 21.4 Å². The first kappa shape index (κ1) is 14.0. The zero-order valence-corrected chi connectivity index (χ0v) is 12.0. The average molecular weight is 281 g/mol. The van der Waals surface area contributed by atoms with Crippen molar-refractivity contribution < 1.29 is 9.21 Å². The number of rotatable bonds is 3. The number of hydrogen-bond donors (Lipinski definition) is 2. The Morgan fingerprint density at radius 2 is 2.21 bits per heavy atom. The molecule has 0 atom stereocenters. The molecule has 1 saturated carbocycles. The molecule has 19 heavy (non-hydrogen) atoms. The van der Waals surface area contributed by atoms with Gasteiger partial charge in [0.05, 0.1) is 16.2 Å². The van der Waals surface area contributed by atoms with Crippen LogP contribution in [0.5, 0.6) is 0 Å². The van der Waals surface area contributed by atoms with Crippen molar-refractivity contribution in [3.8, 4) is 0 Å². The predicted molar refractivity (Wildman–Crippen MR) is 75.9 cm³/mol. The summed E-state index contributed by atoms with van der Waals surface area (Å²) < 4.78 is 5.11. The highest BCUT2D eigenvalue weighted by Gasteiger charge is 2.39. The molecule has 0 saturated heterocycles. The van der Waals surface area contributed by atoms with Gasteiger partial charge in [-0.05, 0) is 38.5 Å². The molecule has 1 aliphatic rings. The number of nitrogens with zero attached hydrogens (tertiary/aromatic N) is 1. The molecule has 0 radical (unpaired) electrons. The molecule has 104 valence electrons. The van der Waals surface area contributed by atoms with Gasteiger partial charge in [-0.25, -0.2) is 4.98 Å². The van der Waals surface area contributed by atoms with Crippen LogP contribution in [0.1, 0.15) is 48.9 Å². The molecule has 6 heteroatoms. The molecule has 0 spiro atoms. The molecule has 1 fully saturated rings. The van der Waals surface area contributed by atoms with Gasteiger partial charge in [0.25, 0.3) is 5.91 Å². The van der Waals surface area contributed by atoms with Crippen LogP contribution >= 0.6 is 12.2 Å². The monoisotopic (exact) mass is 281 g/mol. The number of amides is 1. The summed E-state index contributed by atoms with van der Waals surface area (Å²) in [6.07, 6.45) is 4.84. The Morgan fingerprint density at radius 3 is 2.68 bits per heavy atom. The lowest BCUT2D eigenvalue weighted by Crippen LogP contribution is -2.58. The van der Waals surface area contributed by atoms with Crippen LogP contribution < -0.4 is 11.1 Å². The summed E-state index contributed by atoms with van der Waals surface area (Å²) in [5.74, 6) is 0.581. The zero-order chi connectivity index (χ0) is 14.0. The molecule has 1 aliphatic carbocycles. The minimum Gasteiger partial charge on any atom is -0.438 e. The third kappa shape index (κ3) is 2.78. The van der Waals surface area contributed by atoms with Crippen molar-refractivity contribution in [2.45, 2.75) is 45.1 Å². The largest absolute Gasteiger partial charge is 0.438 e. The van der Waals surface area contributed by atoms with Crippen molar-refractivity contribution >= 4 is 23.1 Å². The van der Waals surface area contributed by atoms with Gasteiger partial charge in [0, 0.05) is 0 Å². The number of aryl methyl sites for hydroxylation is 1. The molecule has 0 aromatic carbocycles. The number of nitrogens with two attached hydrogens (primary N) is 1. The van der Waals surface area contributed by atoms with Gasteiger partial charge in [0.2, 0.25) is 5.76 Å². The molecule has 1 heterocycles. The van der Waals surface area contributed by atoms with Crippen LogP contribution in [-0.2, 0) is 0 Å². The van der Waals surface area contributed by atoms with E-state index in [4.69, 9.17) is 22.4 Å². The molecule has 0 bridgehead atoms. The predicted octanol–water partition coefficient (Wildman–Crippen LogP) is 1.95. The highest BCUT2D eigenvalue weighted by atomic mass is 32.1. The first-order valence-corrected chi connectivity index (χ1v) is 6.88. The lowest BCUT2D eigenvalue weighted by molar-refractivity contribution is 0.0871. The standard InChI is InChI=1S/C13H19N3O2S/c1-8-3-5-13(6-4-8,12(14)19)16-11(17)10-9(2)15-7-18-10/h7-8H,3-6H2,1-2H3,(H2,14,19)(H,16,17). The quantitative estimate of drug-likeness (QED) is 0.828. The first-order chi connectivity index (χ1) is 8.94. The van der Waals surface area contributed by atoms with E-state index in [9.17, 15) is 4.79 Å². The summed E-state index contributed by atoms with van der Waals surface area (Å²) in [4.78, 5) is 16.5. The van der Waals surface area contributed by atoms with Gasteiger partial charge >= 0.3 is 0 Å². The lowest BCUT2D eigenvalue weighted by Gasteiger charge is -2.39. The van der Waals surface area contributed by atoms with Crippen LogP contribution in [0, 0.1) is 12.8 Å². The van der Waals surface area contributed by atoms with Crippen LogP contribution in [0.15, 0.2) is 10.8 Å². The normalized spacial score (nSPS) is 26.9. The van der Waals surface area contributed by atoms with Crippen LogP contribution in [0.4, 0.5) is 0 Å². The van der Waals surface area contributed by atoms with E-state index in [0.717, 1.165) is 25.7 Å². The number of carbonyl (C=O) groups excluding carboxylic acids is 1. The molecule has 1 aromatic heterocycles. The minimum absolute atomic E-state index is 0.231. The summed E-state index contributed by atoms with van der Waals surface area (Å²) in [5, 5.41) is 2.96. The van der Waals surface area contributed by atoms with Crippen molar-refractivity contribution in [3.05, 3.63) is 17.8 Å². The maximum Gasteiger partial charge on any atom is 0.289 e. The topological polar surface area (TPSA) is 81.2 Å². The molecule has 1 aromatic rings. The fourth-order valence-corrected chi connectivity index (χ4v) is 2.74. The van der Waals surface area contributed by atoms with E-state index in [1.807, 2.05) is 0 Å². The first-order valence-electron chi connectivity index (χ1n) is 6.47. The van der Waals surface area contributed by atoms with E-state index >= 15 is 0 Å².